The maximum Gasteiger partial charge on any atom is 0.251 e. The lowest BCUT2D eigenvalue weighted by Gasteiger charge is -2.16. The van der Waals surface area contributed by atoms with Gasteiger partial charge >= 0.3 is 0 Å². The number of hydrogen-bond acceptors (Lipinski definition) is 3. The van der Waals surface area contributed by atoms with Crippen LogP contribution in [0.25, 0.3) is 0 Å². The van der Waals surface area contributed by atoms with E-state index in [4.69, 9.17) is 4.42 Å². The quantitative estimate of drug-likeness (QED) is 0.836. The van der Waals surface area contributed by atoms with Crippen LogP contribution in [-0.4, -0.2) is 18.2 Å². The first-order valence-corrected chi connectivity index (χ1v) is 6.16. The highest BCUT2D eigenvalue weighted by atomic mass is 16.3. The second-order valence-corrected chi connectivity index (χ2v) is 4.65. The van der Waals surface area contributed by atoms with Crippen molar-refractivity contribution >= 4 is 11.7 Å². The number of fused-ring (bicyclic) bond motifs is 1. The number of aryl methyl sites for hydroxylation is 1. The molecule has 1 N–H and O–H groups in total. The van der Waals surface area contributed by atoms with E-state index in [1.807, 2.05) is 6.07 Å². The first-order valence-electron chi connectivity index (χ1n) is 6.16. The molecule has 1 aromatic carbocycles. The van der Waals surface area contributed by atoms with E-state index < -0.39 is 0 Å². The zero-order chi connectivity index (χ0) is 13.4. The van der Waals surface area contributed by atoms with Crippen LogP contribution in [0.5, 0.6) is 0 Å². The Morgan fingerprint density at radius 1 is 1.26 bits per heavy atom. The van der Waals surface area contributed by atoms with Crippen molar-refractivity contribution in [2.75, 3.05) is 6.54 Å². The lowest BCUT2D eigenvalue weighted by Crippen LogP contribution is -2.32. The monoisotopic (exact) mass is 255 g/mol. The fourth-order valence-corrected chi connectivity index (χ4v) is 2.28. The van der Waals surface area contributed by atoms with Gasteiger partial charge < -0.3 is 9.73 Å². The summed E-state index contributed by atoms with van der Waals surface area (Å²) in [7, 11) is 0. The van der Waals surface area contributed by atoms with Crippen LogP contribution >= 0.6 is 0 Å². The first kappa shape index (κ1) is 11.7. The van der Waals surface area contributed by atoms with Crippen LogP contribution in [0.4, 0.5) is 0 Å². The molecule has 0 saturated carbocycles. The molecule has 0 unspecified atom stereocenters. The van der Waals surface area contributed by atoms with Crippen LogP contribution in [-0.2, 0) is 6.42 Å². The van der Waals surface area contributed by atoms with E-state index in [0.29, 0.717) is 29.0 Å². The van der Waals surface area contributed by atoms with Gasteiger partial charge in [0, 0.05) is 17.7 Å². The van der Waals surface area contributed by atoms with Crippen LogP contribution in [0.1, 0.15) is 37.6 Å². The van der Waals surface area contributed by atoms with E-state index in [2.05, 4.69) is 5.32 Å². The van der Waals surface area contributed by atoms with Crippen molar-refractivity contribution in [3.05, 3.63) is 58.5 Å². The van der Waals surface area contributed by atoms with Gasteiger partial charge in [0.15, 0.2) is 5.78 Å². The summed E-state index contributed by atoms with van der Waals surface area (Å²) in [4.78, 5) is 24.0. The number of nitrogens with one attached hydrogen (secondary N) is 1. The number of rotatable bonds is 2. The molecule has 2 aromatic rings. The Labute approximate surface area is 110 Å². The summed E-state index contributed by atoms with van der Waals surface area (Å²) < 4.78 is 5.14. The van der Waals surface area contributed by atoms with Gasteiger partial charge in [-0.05, 0) is 31.0 Å². The maximum atomic E-state index is 12.3. The van der Waals surface area contributed by atoms with Crippen LogP contribution in [0.2, 0.25) is 0 Å². The summed E-state index contributed by atoms with van der Waals surface area (Å²) in [6, 6.07) is 6.98. The average Bonchev–Trinajstić information content (AvgIpc) is 2.85. The van der Waals surface area contributed by atoms with E-state index in [0.717, 1.165) is 12.0 Å². The number of hydrogen-bond donors (Lipinski definition) is 1. The third kappa shape index (κ3) is 2.05. The predicted molar refractivity (Wildman–Crippen MR) is 69.4 cm³/mol. The summed E-state index contributed by atoms with van der Waals surface area (Å²) in [5, 5.41) is 2.78. The molecular weight excluding hydrogens is 242 g/mol. The molecule has 0 radical (unpaired) electrons. The minimum Gasteiger partial charge on any atom is -0.469 e. The summed E-state index contributed by atoms with van der Waals surface area (Å²) in [6.07, 6.45) is 2.25. The Hall–Kier alpha value is -2.36. The molecule has 0 saturated heterocycles. The molecule has 2 heterocycles. The van der Waals surface area contributed by atoms with Crippen LogP contribution in [0.15, 0.2) is 34.9 Å². The van der Waals surface area contributed by atoms with Crippen LogP contribution in [0.3, 0.4) is 0 Å². The van der Waals surface area contributed by atoms with E-state index in [1.54, 1.807) is 25.1 Å². The number of carbonyl (C=O) groups excluding carboxylic acids is 2. The lowest BCUT2D eigenvalue weighted by molar-refractivity contribution is 0.0946. The van der Waals surface area contributed by atoms with Gasteiger partial charge in [-0.25, -0.2) is 0 Å². The number of carbonyl (C=O) groups is 2. The Morgan fingerprint density at radius 3 is 2.84 bits per heavy atom. The van der Waals surface area contributed by atoms with Crippen LogP contribution in [0, 0.1) is 6.92 Å². The van der Waals surface area contributed by atoms with Gasteiger partial charge in [-0.2, -0.15) is 0 Å². The van der Waals surface area contributed by atoms with E-state index >= 15 is 0 Å². The van der Waals surface area contributed by atoms with Gasteiger partial charge in [0.25, 0.3) is 5.91 Å². The summed E-state index contributed by atoms with van der Waals surface area (Å²) in [5.74, 6) is 0.455. The normalized spacial score (nSPS) is 13.8. The highest BCUT2D eigenvalue weighted by Gasteiger charge is 2.19. The molecule has 0 atom stereocenters. The number of amides is 1. The fourth-order valence-electron chi connectivity index (χ4n) is 2.28. The molecule has 0 fully saturated rings. The Balaban J connectivity index is 2.00. The van der Waals surface area contributed by atoms with Crippen molar-refractivity contribution in [3.63, 3.8) is 0 Å². The van der Waals surface area contributed by atoms with Crippen molar-refractivity contribution in [2.24, 2.45) is 0 Å². The molecule has 1 aromatic heterocycles. The standard InChI is InChI=1S/C15H13NO3/c1-9-6-12(8-19-9)14(17)11-3-2-10-4-5-16-15(18)13(10)7-11/h2-3,6-8H,4-5H2,1H3,(H,16,18). The summed E-state index contributed by atoms with van der Waals surface area (Å²) >= 11 is 0. The molecule has 1 aliphatic heterocycles. The van der Waals surface area contributed by atoms with Gasteiger partial charge in [0.2, 0.25) is 0 Å². The molecule has 4 heteroatoms. The molecule has 0 bridgehead atoms. The second-order valence-electron chi connectivity index (χ2n) is 4.65. The third-order valence-electron chi connectivity index (χ3n) is 3.29. The Bertz CT molecular complexity index is 670. The smallest absolute Gasteiger partial charge is 0.251 e. The SMILES string of the molecule is Cc1cc(C(=O)c2ccc3c(c2)C(=O)NCC3)co1. The van der Waals surface area contributed by atoms with Gasteiger partial charge in [-0.15, -0.1) is 0 Å². The number of benzene rings is 1. The van der Waals surface area contributed by atoms with E-state index in [9.17, 15) is 9.59 Å². The zero-order valence-corrected chi connectivity index (χ0v) is 10.5. The first-order chi connectivity index (χ1) is 9.15. The largest absolute Gasteiger partial charge is 0.469 e. The third-order valence-corrected chi connectivity index (χ3v) is 3.29. The molecular formula is C15H13NO3. The summed E-state index contributed by atoms with van der Waals surface area (Å²) in [5.41, 5.74) is 2.60. The average molecular weight is 255 g/mol. The summed E-state index contributed by atoms with van der Waals surface area (Å²) in [6.45, 7) is 2.44. The van der Waals surface area contributed by atoms with Gasteiger partial charge in [0.1, 0.15) is 12.0 Å². The van der Waals surface area contributed by atoms with Crippen molar-refractivity contribution < 1.29 is 14.0 Å². The molecule has 19 heavy (non-hydrogen) atoms. The van der Waals surface area contributed by atoms with Gasteiger partial charge in [-0.1, -0.05) is 12.1 Å². The minimum absolute atomic E-state index is 0.112. The molecule has 96 valence electrons. The van der Waals surface area contributed by atoms with E-state index in [1.165, 1.54) is 6.26 Å². The van der Waals surface area contributed by atoms with Crippen molar-refractivity contribution in [1.29, 1.82) is 0 Å². The molecule has 3 rings (SSSR count). The van der Waals surface area contributed by atoms with Crippen LogP contribution < -0.4 is 5.32 Å². The molecule has 1 amide bonds. The topological polar surface area (TPSA) is 59.3 Å². The molecule has 0 aliphatic carbocycles. The van der Waals surface area contributed by atoms with Crippen molar-refractivity contribution in [3.8, 4) is 0 Å². The highest BCUT2D eigenvalue weighted by Crippen LogP contribution is 2.19. The molecule has 1 aliphatic rings. The minimum atomic E-state index is -0.127. The number of ketones is 1. The highest BCUT2D eigenvalue weighted by molar-refractivity contribution is 6.10. The zero-order valence-electron chi connectivity index (χ0n) is 10.5. The second kappa shape index (κ2) is 4.39. The van der Waals surface area contributed by atoms with Gasteiger partial charge in [0.05, 0.1) is 5.56 Å². The Kier molecular flexibility index (Phi) is 2.71. The Morgan fingerprint density at radius 2 is 2.11 bits per heavy atom. The van der Waals surface area contributed by atoms with Crippen molar-refractivity contribution in [1.82, 2.24) is 5.32 Å². The lowest BCUT2D eigenvalue weighted by atomic mass is 9.95. The maximum absolute atomic E-state index is 12.3. The van der Waals surface area contributed by atoms with Crippen molar-refractivity contribution in [2.45, 2.75) is 13.3 Å². The predicted octanol–water partition coefficient (Wildman–Crippen LogP) is 2.10. The fraction of sp³-hybridized carbons (Fsp3) is 0.200. The molecule has 0 spiro atoms. The van der Waals surface area contributed by atoms with E-state index in [-0.39, 0.29) is 11.7 Å². The number of furan rings is 1. The molecule has 4 nitrogen and oxygen atoms in total. The van der Waals surface area contributed by atoms with Gasteiger partial charge in [-0.3, -0.25) is 9.59 Å².